The second-order valence-electron chi connectivity index (χ2n) is 5.81. The van der Waals surface area contributed by atoms with Gasteiger partial charge >= 0.3 is 0 Å². The molecule has 0 bridgehead atoms. The second-order valence-corrected chi connectivity index (χ2v) is 5.81. The Hall–Kier alpha value is -1.88. The zero-order chi connectivity index (χ0) is 16.0. The van der Waals surface area contributed by atoms with Crippen molar-refractivity contribution in [1.29, 1.82) is 0 Å². The van der Waals surface area contributed by atoms with Crippen LogP contribution in [0.25, 0.3) is 0 Å². The Labute approximate surface area is 126 Å². The van der Waals surface area contributed by atoms with Crippen molar-refractivity contribution in [2.45, 2.75) is 46.2 Å². The van der Waals surface area contributed by atoms with Crippen molar-refractivity contribution in [3.8, 4) is 0 Å². The monoisotopic (exact) mass is 291 g/mol. The summed E-state index contributed by atoms with van der Waals surface area (Å²) in [7, 11) is 0. The number of rotatable bonds is 6. The molecule has 0 spiro atoms. The third-order valence-electron chi connectivity index (χ3n) is 3.01. The molecule has 0 fully saturated rings. The van der Waals surface area contributed by atoms with Crippen molar-refractivity contribution in [2.75, 3.05) is 11.9 Å². The number of hydrogen-bond donors (Lipinski definition) is 3. The minimum absolute atomic E-state index is 0.0952. The molecule has 0 heterocycles. The van der Waals surface area contributed by atoms with Crippen LogP contribution in [-0.2, 0) is 4.79 Å². The molecule has 0 saturated heterocycles. The molecule has 5 nitrogen and oxygen atoms in total. The van der Waals surface area contributed by atoms with Crippen LogP contribution < -0.4 is 16.0 Å². The lowest BCUT2D eigenvalue weighted by atomic mass is 10.0. The van der Waals surface area contributed by atoms with Gasteiger partial charge in [-0.15, -0.1) is 0 Å². The van der Waals surface area contributed by atoms with E-state index in [4.69, 9.17) is 0 Å². The van der Waals surface area contributed by atoms with Crippen LogP contribution in [0.2, 0.25) is 0 Å². The summed E-state index contributed by atoms with van der Waals surface area (Å²) in [6.07, 6.45) is 0. The summed E-state index contributed by atoms with van der Waals surface area (Å²) in [4.78, 5) is 24.0. The van der Waals surface area contributed by atoms with E-state index >= 15 is 0 Å². The Morgan fingerprint density at radius 3 is 2.19 bits per heavy atom. The smallest absolute Gasteiger partial charge is 0.251 e. The lowest BCUT2D eigenvalue weighted by Crippen LogP contribution is -2.49. The summed E-state index contributed by atoms with van der Waals surface area (Å²) >= 11 is 0. The second kappa shape index (κ2) is 7.22. The number of likely N-dealkylation sites (N-methyl/N-ethyl adjacent to an activating group) is 1. The standard InChI is InChI=1S/C16H25N3O2/c1-6-17-16(4,5)15(21)19-13-9-7-12(8-10-13)14(20)18-11(2)3/h7-11,17H,6H2,1-5H3,(H,18,20)(H,19,21). The maximum Gasteiger partial charge on any atom is 0.251 e. The van der Waals surface area contributed by atoms with E-state index in [0.29, 0.717) is 17.8 Å². The van der Waals surface area contributed by atoms with E-state index in [-0.39, 0.29) is 17.9 Å². The van der Waals surface area contributed by atoms with Gasteiger partial charge in [-0.25, -0.2) is 0 Å². The number of carbonyl (C=O) groups excluding carboxylic acids is 2. The maximum absolute atomic E-state index is 12.1. The van der Waals surface area contributed by atoms with Crippen LogP contribution in [0, 0.1) is 0 Å². The molecule has 0 aliphatic carbocycles. The molecule has 0 unspecified atom stereocenters. The third kappa shape index (κ3) is 5.19. The van der Waals surface area contributed by atoms with Crippen molar-refractivity contribution in [3.63, 3.8) is 0 Å². The first-order valence-corrected chi connectivity index (χ1v) is 7.23. The molecule has 2 amide bonds. The van der Waals surface area contributed by atoms with Crippen LogP contribution in [0.3, 0.4) is 0 Å². The molecular weight excluding hydrogens is 266 g/mol. The van der Waals surface area contributed by atoms with Crippen molar-refractivity contribution in [1.82, 2.24) is 10.6 Å². The molecule has 116 valence electrons. The number of amides is 2. The van der Waals surface area contributed by atoms with Crippen molar-refractivity contribution in [2.24, 2.45) is 0 Å². The summed E-state index contributed by atoms with van der Waals surface area (Å²) in [5.41, 5.74) is 0.613. The average Bonchev–Trinajstić information content (AvgIpc) is 2.38. The van der Waals surface area contributed by atoms with E-state index in [9.17, 15) is 9.59 Å². The largest absolute Gasteiger partial charge is 0.350 e. The number of nitrogens with one attached hydrogen (secondary N) is 3. The molecule has 21 heavy (non-hydrogen) atoms. The third-order valence-corrected chi connectivity index (χ3v) is 3.01. The van der Waals surface area contributed by atoms with Crippen LogP contribution in [0.4, 0.5) is 5.69 Å². The first kappa shape index (κ1) is 17.2. The number of carbonyl (C=O) groups is 2. The van der Waals surface area contributed by atoms with E-state index in [1.807, 2.05) is 34.6 Å². The molecule has 0 aliphatic rings. The lowest BCUT2D eigenvalue weighted by molar-refractivity contribution is -0.121. The van der Waals surface area contributed by atoms with Gasteiger partial charge in [0.15, 0.2) is 0 Å². The molecule has 0 saturated carbocycles. The highest BCUT2D eigenvalue weighted by molar-refractivity contribution is 5.98. The summed E-state index contributed by atoms with van der Waals surface area (Å²) < 4.78 is 0. The van der Waals surface area contributed by atoms with Crippen LogP contribution in [0.15, 0.2) is 24.3 Å². The van der Waals surface area contributed by atoms with Gasteiger partial charge in [-0.2, -0.15) is 0 Å². The Morgan fingerprint density at radius 2 is 1.71 bits per heavy atom. The summed E-state index contributed by atoms with van der Waals surface area (Å²) in [6, 6.07) is 6.96. The molecule has 1 aromatic rings. The molecule has 0 aliphatic heterocycles. The van der Waals surface area contributed by atoms with Crippen LogP contribution >= 0.6 is 0 Å². The van der Waals surface area contributed by atoms with Crippen LogP contribution in [-0.4, -0.2) is 29.9 Å². The fourth-order valence-corrected chi connectivity index (χ4v) is 1.86. The number of hydrogen-bond acceptors (Lipinski definition) is 3. The highest BCUT2D eigenvalue weighted by Crippen LogP contribution is 2.13. The molecule has 0 aromatic heterocycles. The van der Waals surface area contributed by atoms with Gasteiger partial charge in [0.2, 0.25) is 5.91 Å². The molecule has 3 N–H and O–H groups in total. The molecule has 0 radical (unpaired) electrons. The minimum Gasteiger partial charge on any atom is -0.350 e. The Balaban J connectivity index is 2.71. The topological polar surface area (TPSA) is 70.2 Å². The van der Waals surface area contributed by atoms with Gasteiger partial charge in [-0.05, 0) is 58.5 Å². The summed E-state index contributed by atoms with van der Waals surface area (Å²) in [5.74, 6) is -0.223. The minimum atomic E-state index is -0.636. The number of benzene rings is 1. The highest BCUT2D eigenvalue weighted by atomic mass is 16.2. The summed E-state index contributed by atoms with van der Waals surface area (Å²) in [6.45, 7) is 10.2. The van der Waals surface area contributed by atoms with E-state index in [2.05, 4.69) is 16.0 Å². The van der Waals surface area contributed by atoms with Crippen molar-refractivity contribution < 1.29 is 9.59 Å². The van der Waals surface area contributed by atoms with Gasteiger partial charge in [-0.1, -0.05) is 6.92 Å². The zero-order valence-electron chi connectivity index (χ0n) is 13.4. The van der Waals surface area contributed by atoms with E-state index in [1.165, 1.54) is 0 Å². The van der Waals surface area contributed by atoms with Crippen LogP contribution in [0.1, 0.15) is 45.0 Å². The summed E-state index contributed by atoms with van der Waals surface area (Å²) in [5, 5.41) is 8.78. The predicted molar refractivity (Wildman–Crippen MR) is 85.4 cm³/mol. The first-order chi connectivity index (χ1) is 9.76. The number of anilines is 1. The molecule has 1 aromatic carbocycles. The van der Waals surface area contributed by atoms with Gasteiger partial charge in [-0.3, -0.25) is 9.59 Å². The van der Waals surface area contributed by atoms with Gasteiger partial charge in [0.25, 0.3) is 5.91 Å². The quantitative estimate of drug-likeness (QED) is 0.752. The fourth-order valence-electron chi connectivity index (χ4n) is 1.86. The van der Waals surface area contributed by atoms with Gasteiger partial charge in [0, 0.05) is 17.3 Å². The van der Waals surface area contributed by atoms with E-state index in [1.54, 1.807) is 24.3 Å². The molecule has 1 rings (SSSR count). The molecule has 0 atom stereocenters. The average molecular weight is 291 g/mol. The normalized spacial score (nSPS) is 11.3. The Bertz CT molecular complexity index is 493. The fraction of sp³-hybridized carbons (Fsp3) is 0.500. The predicted octanol–water partition coefficient (Wildman–Crippen LogP) is 2.15. The maximum atomic E-state index is 12.1. The lowest BCUT2D eigenvalue weighted by Gasteiger charge is -2.24. The van der Waals surface area contributed by atoms with E-state index in [0.717, 1.165) is 0 Å². The molecule has 5 heteroatoms. The van der Waals surface area contributed by atoms with Gasteiger partial charge in [0.05, 0.1) is 5.54 Å². The van der Waals surface area contributed by atoms with E-state index < -0.39 is 5.54 Å². The van der Waals surface area contributed by atoms with Crippen molar-refractivity contribution in [3.05, 3.63) is 29.8 Å². The molecular formula is C16H25N3O2. The first-order valence-electron chi connectivity index (χ1n) is 7.23. The Morgan fingerprint density at radius 1 is 1.14 bits per heavy atom. The van der Waals surface area contributed by atoms with Crippen LogP contribution in [0.5, 0.6) is 0 Å². The van der Waals surface area contributed by atoms with Crippen molar-refractivity contribution >= 4 is 17.5 Å². The Kier molecular flexibility index (Phi) is 5.90. The zero-order valence-corrected chi connectivity index (χ0v) is 13.4. The highest BCUT2D eigenvalue weighted by Gasteiger charge is 2.26. The van der Waals surface area contributed by atoms with Gasteiger partial charge < -0.3 is 16.0 Å². The SMILES string of the molecule is CCNC(C)(C)C(=O)Nc1ccc(C(=O)NC(C)C)cc1. The van der Waals surface area contributed by atoms with Gasteiger partial charge in [0.1, 0.15) is 0 Å².